The van der Waals surface area contributed by atoms with Gasteiger partial charge in [-0.05, 0) is 31.2 Å². The zero-order valence-electron chi connectivity index (χ0n) is 17.3. The Bertz CT molecular complexity index is 909. The fraction of sp³-hybridized carbons (Fsp3) is 0.391. The molecule has 7 nitrogen and oxygen atoms in total. The Morgan fingerprint density at radius 1 is 1.00 bits per heavy atom. The third-order valence-corrected chi connectivity index (χ3v) is 5.46. The Hall–Kier alpha value is -3.22. The number of benzene rings is 2. The predicted octanol–water partition coefficient (Wildman–Crippen LogP) is 2.55. The number of fused-ring (bicyclic) bond motifs is 1. The highest BCUT2D eigenvalue weighted by Gasteiger charge is 2.29. The van der Waals surface area contributed by atoms with Gasteiger partial charge in [-0.2, -0.15) is 0 Å². The zero-order valence-corrected chi connectivity index (χ0v) is 17.3. The van der Waals surface area contributed by atoms with Crippen LogP contribution in [0.3, 0.4) is 0 Å². The molecule has 2 aliphatic rings. The quantitative estimate of drug-likeness (QED) is 0.760. The maximum atomic E-state index is 13.0. The monoisotopic (exact) mass is 409 g/mol. The highest BCUT2D eigenvalue weighted by atomic mass is 16.5. The maximum absolute atomic E-state index is 13.0. The summed E-state index contributed by atoms with van der Waals surface area (Å²) in [7, 11) is 0. The number of piperazine rings is 1. The fourth-order valence-electron chi connectivity index (χ4n) is 3.92. The predicted molar refractivity (Wildman–Crippen MR) is 115 cm³/mol. The van der Waals surface area contributed by atoms with Crippen molar-refractivity contribution < 1.29 is 19.1 Å². The van der Waals surface area contributed by atoms with Crippen molar-refractivity contribution in [2.45, 2.75) is 13.3 Å². The molecule has 1 saturated heterocycles. The third-order valence-electron chi connectivity index (χ3n) is 5.46. The first-order chi connectivity index (χ1) is 14.7. The molecule has 2 aliphatic heterocycles. The van der Waals surface area contributed by atoms with Gasteiger partial charge in [0.25, 0.3) is 0 Å². The average molecular weight is 409 g/mol. The number of hydrogen-bond acceptors (Lipinski definition) is 5. The highest BCUT2D eigenvalue weighted by Crippen LogP contribution is 2.31. The summed E-state index contributed by atoms with van der Waals surface area (Å²) in [6.07, 6.45) is 0.268. The maximum Gasteiger partial charge on any atom is 0.242 e. The van der Waals surface area contributed by atoms with Crippen molar-refractivity contribution in [1.82, 2.24) is 4.90 Å². The molecular formula is C23H27N3O4. The van der Waals surface area contributed by atoms with E-state index in [9.17, 15) is 9.59 Å². The normalized spacial score (nSPS) is 16.6. The zero-order chi connectivity index (χ0) is 20.9. The second-order valence-electron chi connectivity index (χ2n) is 7.31. The van der Waals surface area contributed by atoms with Crippen LogP contribution in [0.4, 0.5) is 11.4 Å². The van der Waals surface area contributed by atoms with Crippen LogP contribution in [0.2, 0.25) is 0 Å². The van der Waals surface area contributed by atoms with E-state index >= 15 is 0 Å². The summed E-state index contributed by atoms with van der Waals surface area (Å²) in [5.74, 6) is 1.38. The van der Waals surface area contributed by atoms with Gasteiger partial charge in [0.05, 0.1) is 31.0 Å². The molecule has 0 bridgehead atoms. The molecule has 0 N–H and O–H groups in total. The van der Waals surface area contributed by atoms with Gasteiger partial charge in [-0.1, -0.05) is 24.3 Å². The molecule has 2 aromatic carbocycles. The second kappa shape index (κ2) is 9.07. The van der Waals surface area contributed by atoms with E-state index in [4.69, 9.17) is 9.47 Å². The third kappa shape index (κ3) is 4.20. The van der Waals surface area contributed by atoms with Crippen LogP contribution < -0.4 is 19.3 Å². The molecule has 7 heteroatoms. The minimum absolute atomic E-state index is 0.0364. The van der Waals surface area contributed by atoms with Gasteiger partial charge in [0.2, 0.25) is 11.8 Å². The largest absolute Gasteiger partial charge is 0.492 e. The van der Waals surface area contributed by atoms with Crippen LogP contribution in [0.1, 0.15) is 13.3 Å². The van der Waals surface area contributed by atoms with E-state index in [0.29, 0.717) is 37.7 Å². The number of amides is 2. The van der Waals surface area contributed by atoms with E-state index in [1.165, 1.54) is 0 Å². The van der Waals surface area contributed by atoms with Gasteiger partial charge in [-0.25, -0.2) is 0 Å². The van der Waals surface area contributed by atoms with Crippen molar-refractivity contribution in [1.29, 1.82) is 0 Å². The summed E-state index contributed by atoms with van der Waals surface area (Å²) in [6.45, 7) is 5.63. The molecule has 0 saturated carbocycles. The first-order valence-electron chi connectivity index (χ1n) is 10.4. The van der Waals surface area contributed by atoms with Gasteiger partial charge in [0.15, 0.2) is 0 Å². The van der Waals surface area contributed by atoms with E-state index in [0.717, 1.165) is 24.5 Å². The lowest BCUT2D eigenvalue weighted by Gasteiger charge is -2.37. The lowest BCUT2D eigenvalue weighted by molar-refractivity contribution is -0.131. The van der Waals surface area contributed by atoms with Gasteiger partial charge in [0, 0.05) is 26.2 Å². The number of nitrogens with zero attached hydrogens (tertiary/aromatic N) is 3. The Morgan fingerprint density at radius 3 is 2.47 bits per heavy atom. The molecule has 2 aromatic rings. The molecule has 4 rings (SSSR count). The molecule has 0 spiro atoms. The standard InChI is InChI=1S/C23H27N3O4/c1-2-29-20-9-5-3-7-18(20)24-12-14-25(15-13-24)23(28)17-26-19-8-4-6-10-21(19)30-16-11-22(26)27/h3-10H,2,11-17H2,1H3. The Balaban J connectivity index is 1.41. The Labute approximate surface area is 176 Å². The molecule has 1 fully saturated rings. The van der Waals surface area contributed by atoms with Crippen molar-refractivity contribution in [3.05, 3.63) is 48.5 Å². The van der Waals surface area contributed by atoms with E-state index in [2.05, 4.69) is 11.0 Å². The van der Waals surface area contributed by atoms with Gasteiger partial charge < -0.3 is 19.3 Å². The van der Waals surface area contributed by atoms with Crippen LogP contribution in [0.25, 0.3) is 0 Å². The highest BCUT2D eigenvalue weighted by molar-refractivity contribution is 6.00. The summed E-state index contributed by atoms with van der Waals surface area (Å²) in [5.41, 5.74) is 1.72. The molecule has 0 atom stereocenters. The Morgan fingerprint density at radius 2 is 1.70 bits per heavy atom. The number of hydrogen-bond donors (Lipinski definition) is 0. The van der Waals surface area contributed by atoms with Crippen LogP contribution in [0.15, 0.2) is 48.5 Å². The van der Waals surface area contributed by atoms with Gasteiger partial charge in [-0.3, -0.25) is 14.5 Å². The van der Waals surface area contributed by atoms with Crippen LogP contribution in [-0.4, -0.2) is 62.7 Å². The first-order valence-corrected chi connectivity index (χ1v) is 10.4. The van der Waals surface area contributed by atoms with Crippen molar-refractivity contribution in [3.8, 4) is 11.5 Å². The van der Waals surface area contributed by atoms with Crippen molar-refractivity contribution in [2.24, 2.45) is 0 Å². The van der Waals surface area contributed by atoms with E-state index in [1.807, 2.05) is 54.3 Å². The van der Waals surface area contributed by atoms with Crippen LogP contribution >= 0.6 is 0 Å². The minimum Gasteiger partial charge on any atom is -0.492 e. The summed E-state index contributed by atoms with van der Waals surface area (Å²) in [5, 5.41) is 0. The molecule has 0 aliphatic carbocycles. The SMILES string of the molecule is CCOc1ccccc1N1CCN(C(=O)CN2C(=O)CCOc3ccccc32)CC1. The summed E-state index contributed by atoms with van der Waals surface area (Å²) in [4.78, 5) is 31.2. The lowest BCUT2D eigenvalue weighted by atomic mass is 10.2. The molecule has 0 aromatic heterocycles. The number of anilines is 2. The van der Waals surface area contributed by atoms with Crippen molar-refractivity contribution in [2.75, 3.05) is 55.7 Å². The van der Waals surface area contributed by atoms with E-state index < -0.39 is 0 Å². The first kappa shape index (κ1) is 20.1. The number of carbonyl (C=O) groups excluding carboxylic acids is 2. The number of carbonyl (C=O) groups is 2. The van der Waals surface area contributed by atoms with Crippen molar-refractivity contribution >= 4 is 23.2 Å². The van der Waals surface area contributed by atoms with Gasteiger partial charge in [-0.15, -0.1) is 0 Å². The topological polar surface area (TPSA) is 62.3 Å². The number of ether oxygens (including phenoxy) is 2. The average Bonchev–Trinajstić information content (AvgIpc) is 2.93. The molecule has 2 amide bonds. The molecule has 0 unspecified atom stereocenters. The smallest absolute Gasteiger partial charge is 0.242 e. The van der Waals surface area contributed by atoms with E-state index in [1.54, 1.807) is 4.90 Å². The number of para-hydroxylation sites is 4. The molecule has 0 radical (unpaired) electrons. The minimum atomic E-state index is -0.0856. The van der Waals surface area contributed by atoms with Crippen LogP contribution in [0.5, 0.6) is 11.5 Å². The fourth-order valence-corrected chi connectivity index (χ4v) is 3.92. The van der Waals surface area contributed by atoms with Crippen LogP contribution in [0, 0.1) is 0 Å². The molecule has 30 heavy (non-hydrogen) atoms. The number of rotatable bonds is 5. The second-order valence-corrected chi connectivity index (χ2v) is 7.31. The van der Waals surface area contributed by atoms with Gasteiger partial charge in [0.1, 0.15) is 18.0 Å². The van der Waals surface area contributed by atoms with Crippen molar-refractivity contribution in [3.63, 3.8) is 0 Å². The molecule has 158 valence electrons. The van der Waals surface area contributed by atoms with E-state index in [-0.39, 0.29) is 24.8 Å². The summed E-state index contributed by atoms with van der Waals surface area (Å²) in [6, 6.07) is 15.4. The Kier molecular flexibility index (Phi) is 6.07. The van der Waals surface area contributed by atoms with Crippen LogP contribution in [-0.2, 0) is 9.59 Å². The summed E-state index contributed by atoms with van der Waals surface area (Å²) >= 11 is 0. The lowest BCUT2D eigenvalue weighted by Crippen LogP contribution is -2.52. The molecular weight excluding hydrogens is 382 g/mol. The van der Waals surface area contributed by atoms with Gasteiger partial charge >= 0.3 is 0 Å². The molecule has 2 heterocycles. The summed E-state index contributed by atoms with van der Waals surface area (Å²) < 4.78 is 11.4.